The van der Waals surface area contributed by atoms with Crippen LogP contribution in [0, 0.1) is 0 Å². The number of aromatic nitrogens is 1. The fourth-order valence-corrected chi connectivity index (χ4v) is 2.84. The topological polar surface area (TPSA) is 33.1 Å². The second kappa shape index (κ2) is 4.21. The summed E-state index contributed by atoms with van der Waals surface area (Å²) in [6.07, 6.45) is 1.07. The molecule has 2 aromatic heterocycles. The van der Waals surface area contributed by atoms with E-state index in [-0.39, 0.29) is 6.61 Å². The third kappa shape index (κ3) is 1.87. The minimum atomic E-state index is 0.0384. The summed E-state index contributed by atoms with van der Waals surface area (Å²) in [5.41, 5.74) is 0.990. The van der Waals surface area contributed by atoms with E-state index in [4.69, 9.17) is 5.11 Å². The van der Waals surface area contributed by atoms with Gasteiger partial charge in [-0.25, -0.2) is 4.98 Å². The van der Waals surface area contributed by atoms with Crippen LogP contribution in [0.25, 0.3) is 10.6 Å². The van der Waals surface area contributed by atoms with E-state index < -0.39 is 0 Å². The lowest BCUT2D eigenvalue weighted by Gasteiger charge is -1.88. The Hall–Kier alpha value is -0.710. The van der Waals surface area contributed by atoms with Crippen molar-refractivity contribution in [1.82, 2.24) is 4.98 Å². The largest absolute Gasteiger partial charge is 0.389 e. The molecule has 0 saturated carbocycles. The molecule has 0 atom stereocenters. The molecule has 0 radical (unpaired) electrons. The average molecular weight is 225 g/mol. The maximum atomic E-state index is 8.90. The molecule has 0 fully saturated rings. The predicted molar refractivity (Wildman–Crippen MR) is 60.7 cm³/mol. The second-order valence-corrected chi connectivity index (χ2v) is 5.02. The zero-order chi connectivity index (χ0) is 9.97. The van der Waals surface area contributed by atoms with Crippen LogP contribution in [0.3, 0.4) is 0 Å². The van der Waals surface area contributed by atoms with Gasteiger partial charge >= 0.3 is 0 Å². The number of hydrogen-bond donors (Lipinski definition) is 1. The van der Waals surface area contributed by atoms with Crippen LogP contribution in [0.15, 0.2) is 17.5 Å². The van der Waals surface area contributed by atoms with Gasteiger partial charge in [-0.1, -0.05) is 6.92 Å². The van der Waals surface area contributed by atoms with Crippen molar-refractivity contribution in [2.75, 3.05) is 0 Å². The lowest BCUT2D eigenvalue weighted by Crippen LogP contribution is -1.79. The first-order chi connectivity index (χ1) is 6.83. The van der Waals surface area contributed by atoms with Crippen LogP contribution in [0.4, 0.5) is 0 Å². The van der Waals surface area contributed by atoms with Gasteiger partial charge in [-0.05, 0) is 18.6 Å². The molecule has 74 valence electrons. The molecule has 2 nitrogen and oxygen atoms in total. The van der Waals surface area contributed by atoms with Gasteiger partial charge in [-0.15, -0.1) is 22.7 Å². The van der Waals surface area contributed by atoms with Crippen LogP contribution in [-0.4, -0.2) is 10.1 Å². The van der Waals surface area contributed by atoms with Gasteiger partial charge < -0.3 is 5.11 Å². The number of hydrogen-bond acceptors (Lipinski definition) is 4. The van der Waals surface area contributed by atoms with E-state index in [1.54, 1.807) is 11.3 Å². The first-order valence-electron chi connectivity index (χ1n) is 4.48. The van der Waals surface area contributed by atoms with Crippen molar-refractivity contribution in [3.63, 3.8) is 0 Å². The Morgan fingerprint density at radius 2 is 2.29 bits per heavy atom. The van der Waals surface area contributed by atoms with Gasteiger partial charge in [0.15, 0.2) is 0 Å². The molecular formula is C10H11NOS2. The van der Waals surface area contributed by atoms with E-state index >= 15 is 0 Å². The Morgan fingerprint density at radius 1 is 1.43 bits per heavy atom. The first kappa shape index (κ1) is 9.83. The van der Waals surface area contributed by atoms with E-state index in [1.165, 1.54) is 21.1 Å². The highest BCUT2D eigenvalue weighted by molar-refractivity contribution is 7.16. The molecule has 0 aliphatic carbocycles. The molecule has 0 bridgehead atoms. The highest BCUT2D eigenvalue weighted by Crippen LogP contribution is 2.29. The zero-order valence-electron chi connectivity index (χ0n) is 7.86. The van der Waals surface area contributed by atoms with Gasteiger partial charge in [-0.2, -0.15) is 0 Å². The minimum Gasteiger partial charge on any atom is -0.389 e. The normalized spacial score (nSPS) is 10.7. The number of rotatable bonds is 3. The summed E-state index contributed by atoms with van der Waals surface area (Å²) in [6.45, 7) is 2.19. The van der Waals surface area contributed by atoms with Crippen LogP contribution in [0.1, 0.15) is 16.8 Å². The van der Waals surface area contributed by atoms with Crippen molar-refractivity contribution < 1.29 is 5.11 Å². The van der Waals surface area contributed by atoms with E-state index in [1.807, 2.05) is 5.38 Å². The average Bonchev–Trinajstić information content (AvgIpc) is 2.86. The van der Waals surface area contributed by atoms with Gasteiger partial charge in [0.05, 0.1) is 17.2 Å². The lowest BCUT2D eigenvalue weighted by molar-refractivity contribution is 0.281. The van der Waals surface area contributed by atoms with Crippen molar-refractivity contribution in [1.29, 1.82) is 0 Å². The van der Waals surface area contributed by atoms with E-state index in [0.29, 0.717) is 0 Å². The molecule has 0 saturated heterocycles. The third-order valence-electron chi connectivity index (χ3n) is 1.95. The number of aliphatic hydroxyl groups is 1. The van der Waals surface area contributed by atoms with Crippen molar-refractivity contribution in [3.8, 4) is 10.6 Å². The Kier molecular flexibility index (Phi) is 2.96. The predicted octanol–water partition coefficient (Wildman–Crippen LogP) is 2.93. The van der Waals surface area contributed by atoms with Crippen molar-refractivity contribution in [3.05, 3.63) is 27.4 Å². The summed E-state index contributed by atoms with van der Waals surface area (Å²) in [6, 6.07) is 4.23. The molecular weight excluding hydrogens is 214 g/mol. The monoisotopic (exact) mass is 225 g/mol. The van der Waals surface area contributed by atoms with Gasteiger partial charge in [0, 0.05) is 10.3 Å². The van der Waals surface area contributed by atoms with Gasteiger partial charge in [-0.3, -0.25) is 0 Å². The molecule has 0 aliphatic heterocycles. The maximum Gasteiger partial charge on any atom is 0.119 e. The molecule has 0 amide bonds. The quantitative estimate of drug-likeness (QED) is 0.871. The molecule has 14 heavy (non-hydrogen) atoms. The smallest absolute Gasteiger partial charge is 0.119 e. The van der Waals surface area contributed by atoms with Crippen LogP contribution in [0.2, 0.25) is 0 Å². The molecule has 2 heterocycles. The maximum absolute atomic E-state index is 8.90. The second-order valence-electron chi connectivity index (χ2n) is 2.90. The summed E-state index contributed by atoms with van der Waals surface area (Å²) < 4.78 is 0. The third-order valence-corrected chi connectivity index (χ3v) is 4.04. The summed E-state index contributed by atoms with van der Waals surface area (Å²) in [5.74, 6) is 0. The van der Waals surface area contributed by atoms with Crippen LogP contribution in [-0.2, 0) is 13.0 Å². The van der Waals surface area contributed by atoms with Crippen molar-refractivity contribution >= 4 is 22.7 Å². The Bertz CT molecular complexity index is 379. The van der Waals surface area contributed by atoms with E-state index in [9.17, 15) is 0 Å². The van der Waals surface area contributed by atoms with Crippen LogP contribution >= 0.6 is 22.7 Å². The molecule has 2 rings (SSSR count). The Labute approximate surface area is 90.9 Å². The number of thiazole rings is 1. The molecule has 0 aliphatic rings. The van der Waals surface area contributed by atoms with Gasteiger partial charge in [0.25, 0.3) is 0 Å². The molecule has 0 spiro atoms. The molecule has 0 aromatic carbocycles. The summed E-state index contributed by atoms with van der Waals surface area (Å²) in [7, 11) is 0. The van der Waals surface area contributed by atoms with Crippen molar-refractivity contribution in [2.45, 2.75) is 20.0 Å². The number of nitrogens with zero attached hydrogens (tertiary/aromatic N) is 1. The minimum absolute atomic E-state index is 0.0384. The van der Waals surface area contributed by atoms with Crippen molar-refractivity contribution in [2.24, 2.45) is 0 Å². The standard InChI is InChI=1S/C10H11NOS2/c1-2-7-3-4-9(14-7)8-6-13-10(5-12)11-8/h3-4,6,12H,2,5H2,1H3. The fourth-order valence-electron chi connectivity index (χ4n) is 1.20. The highest BCUT2D eigenvalue weighted by Gasteiger charge is 2.06. The molecule has 1 N–H and O–H groups in total. The van der Waals surface area contributed by atoms with E-state index in [2.05, 4.69) is 24.0 Å². The van der Waals surface area contributed by atoms with Gasteiger partial charge in [0.2, 0.25) is 0 Å². The van der Waals surface area contributed by atoms with Gasteiger partial charge in [0.1, 0.15) is 5.01 Å². The SMILES string of the molecule is CCc1ccc(-c2csc(CO)n2)s1. The van der Waals surface area contributed by atoms with E-state index in [0.717, 1.165) is 17.1 Å². The fraction of sp³-hybridized carbons (Fsp3) is 0.300. The first-order valence-corrected chi connectivity index (χ1v) is 6.17. The number of aryl methyl sites for hydroxylation is 1. The van der Waals surface area contributed by atoms with Crippen LogP contribution < -0.4 is 0 Å². The number of thiophene rings is 1. The lowest BCUT2D eigenvalue weighted by atomic mass is 10.3. The highest BCUT2D eigenvalue weighted by atomic mass is 32.1. The summed E-state index contributed by atoms with van der Waals surface area (Å²) in [4.78, 5) is 6.89. The molecule has 0 unspecified atom stereocenters. The molecule has 4 heteroatoms. The zero-order valence-corrected chi connectivity index (χ0v) is 9.49. The molecule has 2 aromatic rings. The Morgan fingerprint density at radius 3 is 2.86 bits per heavy atom. The number of aliphatic hydroxyl groups excluding tert-OH is 1. The summed E-state index contributed by atoms with van der Waals surface area (Å²) >= 11 is 3.28. The van der Waals surface area contributed by atoms with Crippen LogP contribution in [0.5, 0.6) is 0 Å². The summed E-state index contributed by atoms with van der Waals surface area (Å²) in [5, 5.41) is 11.7. The Balaban J connectivity index is 2.29.